The molecule has 196 valence electrons. The number of likely N-dealkylation sites (N-methyl/N-ethyl adjacent to an activating group) is 1. The molecule has 1 fully saturated rings. The van der Waals surface area contributed by atoms with Gasteiger partial charge in [-0.25, -0.2) is 9.47 Å². The highest BCUT2D eigenvalue weighted by molar-refractivity contribution is 8.00. The van der Waals surface area contributed by atoms with Gasteiger partial charge in [-0.1, -0.05) is 11.8 Å². The number of carbonyl (C=O) groups excluding carboxylic acids is 1. The molecule has 2 aromatic rings. The molecule has 1 saturated heterocycles. The number of amides is 1. The molecule has 0 saturated carbocycles. The molecule has 1 N–H and O–H groups in total. The van der Waals surface area contributed by atoms with Crippen molar-refractivity contribution in [1.29, 1.82) is 0 Å². The molecule has 4 rings (SSSR count). The first-order valence-electron chi connectivity index (χ1n) is 11.1. The highest BCUT2D eigenvalue weighted by Crippen LogP contribution is 2.37. The van der Waals surface area contributed by atoms with Gasteiger partial charge in [-0.15, -0.1) is 0 Å². The Morgan fingerprint density at radius 2 is 1.61 bits per heavy atom. The van der Waals surface area contributed by atoms with Crippen molar-refractivity contribution in [2.45, 2.75) is 36.6 Å². The second kappa shape index (κ2) is 9.96. The third-order valence-corrected chi connectivity index (χ3v) is 7.07. The Labute approximate surface area is 206 Å². The second-order valence-electron chi connectivity index (χ2n) is 8.68. The van der Waals surface area contributed by atoms with Crippen LogP contribution in [0.2, 0.25) is 0 Å². The number of hydrogen-bond acceptors (Lipinski definition) is 6. The summed E-state index contributed by atoms with van der Waals surface area (Å²) in [4.78, 5) is 31.6. The number of anilines is 1. The maximum absolute atomic E-state index is 13.1. The van der Waals surface area contributed by atoms with Crippen LogP contribution in [-0.2, 0) is 30.0 Å². The van der Waals surface area contributed by atoms with E-state index in [0.29, 0.717) is 43.1 Å². The minimum absolute atomic E-state index is 0.00695. The maximum atomic E-state index is 13.1. The zero-order chi connectivity index (χ0) is 26.3. The van der Waals surface area contributed by atoms with Crippen molar-refractivity contribution in [2.75, 3.05) is 49.3 Å². The van der Waals surface area contributed by atoms with Crippen LogP contribution in [0.15, 0.2) is 28.0 Å². The molecule has 0 atom stereocenters. The number of carbonyl (C=O) groups is 1. The zero-order valence-electron chi connectivity index (χ0n) is 19.2. The van der Waals surface area contributed by atoms with E-state index in [0.717, 1.165) is 42.5 Å². The first-order chi connectivity index (χ1) is 16.8. The van der Waals surface area contributed by atoms with E-state index in [-0.39, 0.29) is 11.8 Å². The van der Waals surface area contributed by atoms with Gasteiger partial charge in [-0.2, -0.15) is 31.3 Å². The lowest BCUT2D eigenvalue weighted by Gasteiger charge is -2.35. The Balaban J connectivity index is 1.51. The van der Waals surface area contributed by atoms with E-state index in [2.05, 4.69) is 15.2 Å². The summed E-state index contributed by atoms with van der Waals surface area (Å²) in [6, 6.07) is 0.892. The van der Waals surface area contributed by atoms with Gasteiger partial charge in [0.2, 0.25) is 5.91 Å². The molecular weight excluding hydrogens is 512 g/mol. The lowest BCUT2D eigenvalue weighted by Crippen LogP contribution is -2.54. The molecule has 1 aromatic carbocycles. The summed E-state index contributed by atoms with van der Waals surface area (Å²) in [6.07, 6.45) is -7.91. The van der Waals surface area contributed by atoms with Crippen LogP contribution in [0.3, 0.4) is 0 Å². The van der Waals surface area contributed by atoms with Gasteiger partial charge in [0.15, 0.2) is 0 Å². The van der Waals surface area contributed by atoms with Crippen LogP contribution in [0, 0.1) is 0 Å². The molecule has 2 heterocycles. The number of nitrogens with zero attached hydrogens (tertiary/aromatic N) is 4. The number of halogens is 6. The van der Waals surface area contributed by atoms with Crippen molar-refractivity contribution in [1.82, 2.24) is 14.6 Å². The molecule has 1 amide bonds. The number of hydrogen-bond donors (Lipinski definition) is 1. The number of piperazine rings is 1. The number of benzene rings is 1. The average molecular weight is 536 g/mol. The summed E-state index contributed by atoms with van der Waals surface area (Å²) < 4.78 is 80.0. The Morgan fingerprint density at radius 1 is 1.00 bits per heavy atom. The lowest BCUT2D eigenvalue weighted by molar-refractivity contribution is -0.143. The van der Waals surface area contributed by atoms with Gasteiger partial charge in [0.1, 0.15) is 5.03 Å². The quantitative estimate of drug-likeness (QED) is 0.360. The molecule has 7 nitrogen and oxygen atoms in total. The van der Waals surface area contributed by atoms with E-state index in [1.807, 2.05) is 12.1 Å². The largest absolute Gasteiger partial charge is 0.416 e. The first kappa shape index (κ1) is 26.3. The van der Waals surface area contributed by atoms with Gasteiger partial charge in [-0.05, 0) is 44.5 Å². The molecule has 0 unspecified atom stereocenters. The number of rotatable bonds is 5. The Morgan fingerprint density at radius 3 is 2.19 bits per heavy atom. The Hall–Kier alpha value is -2.74. The minimum Gasteiger partial charge on any atom is -0.325 e. The van der Waals surface area contributed by atoms with Crippen LogP contribution in [0.4, 0.5) is 32.0 Å². The lowest BCUT2D eigenvalue weighted by atomic mass is 10.1. The minimum atomic E-state index is -5.02. The van der Waals surface area contributed by atoms with Gasteiger partial charge in [-0.3, -0.25) is 4.79 Å². The summed E-state index contributed by atoms with van der Waals surface area (Å²) in [5.74, 6) is -1.15. The Bertz CT molecular complexity index is 1170. The van der Waals surface area contributed by atoms with Crippen molar-refractivity contribution >= 4 is 23.4 Å². The van der Waals surface area contributed by atoms with Crippen molar-refractivity contribution in [3.63, 3.8) is 0 Å². The molecule has 2 aliphatic rings. The monoisotopic (exact) mass is 535 g/mol. The van der Waals surface area contributed by atoms with Gasteiger partial charge < -0.3 is 15.2 Å². The molecule has 14 heteroatoms. The third-order valence-electron chi connectivity index (χ3n) is 6.05. The molecule has 1 aliphatic heterocycles. The molecule has 36 heavy (non-hydrogen) atoms. The maximum Gasteiger partial charge on any atom is 0.416 e. The van der Waals surface area contributed by atoms with Gasteiger partial charge in [0.05, 0.1) is 22.6 Å². The first-order valence-corrected chi connectivity index (χ1v) is 12.1. The number of nitrogens with one attached hydrogen (secondary N) is 1. The van der Waals surface area contributed by atoms with Gasteiger partial charge in [0, 0.05) is 37.4 Å². The fourth-order valence-corrected chi connectivity index (χ4v) is 5.15. The number of alkyl halides is 6. The van der Waals surface area contributed by atoms with Gasteiger partial charge >= 0.3 is 18.0 Å². The van der Waals surface area contributed by atoms with E-state index < -0.39 is 40.8 Å². The summed E-state index contributed by atoms with van der Waals surface area (Å²) in [7, 11) is 2.00. The Kier molecular flexibility index (Phi) is 7.28. The van der Waals surface area contributed by atoms with Crippen LogP contribution in [0.1, 0.15) is 28.8 Å². The van der Waals surface area contributed by atoms with Crippen LogP contribution >= 0.6 is 11.8 Å². The predicted octanol–water partition coefficient (Wildman–Crippen LogP) is 3.38. The van der Waals surface area contributed by atoms with Crippen LogP contribution in [0.5, 0.6) is 0 Å². The summed E-state index contributed by atoms with van der Waals surface area (Å²) >= 11 is 0.935. The van der Waals surface area contributed by atoms with Crippen molar-refractivity contribution in [2.24, 2.45) is 0 Å². The van der Waals surface area contributed by atoms with Gasteiger partial charge in [0.25, 0.3) is 0 Å². The predicted molar refractivity (Wildman–Crippen MR) is 122 cm³/mol. The molecule has 0 spiro atoms. The van der Waals surface area contributed by atoms with E-state index in [4.69, 9.17) is 0 Å². The fourth-order valence-electron chi connectivity index (χ4n) is 4.27. The van der Waals surface area contributed by atoms with E-state index in [1.54, 1.807) is 4.68 Å². The van der Waals surface area contributed by atoms with Crippen molar-refractivity contribution in [3.05, 3.63) is 51.1 Å². The molecular formula is C22H23F6N5O2S. The standard InChI is InChI=1S/C22H23F6N5O2S/c1-31-5-7-32(8-6-31)33-17-4-2-3-16(17)19(30-20(33)35)36-12-18(34)29-15-10-13(21(23,24)25)9-14(11-15)22(26,27)28/h9-11H,2-8,12H2,1H3,(H,29,34). The SMILES string of the molecule is CN1CCN(n2c3c(c(SCC(=O)Nc4cc(C(F)(F)F)cc(C(F)(F)F)c4)nc2=O)CCC3)CC1. The number of thioether (sulfide) groups is 1. The van der Waals surface area contributed by atoms with Crippen LogP contribution in [-0.4, -0.2) is 59.4 Å². The highest BCUT2D eigenvalue weighted by Gasteiger charge is 2.37. The van der Waals surface area contributed by atoms with Crippen molar-refractivity contribution < 1.29 is 31.1 Å². The normalized spacial score (nSPS) is 16.8. The zero-order valence-corrected chi connectivity index (χ0v) is 20.0. The second-order valence-corrected chi connectivity index (χ2v) is 9.64. The highest BCUT2D eigenvalue weighted by atomic mass is 32.2. The molecule has 1 aliphatic carbocycles. The summed E-state index contributed by atoms with van der Waals surface area (Å²) in [5, 5.41) is 4.41. The smallest absolute Gasteiger partial charge is 0.325 e. The number of fused-ring (bicyclic) bond motifs is 1. The van der Waals surface area contributed by atoms with E-state index >= 15 is 0 Å². The van der Waals surface area contributed by atoms with E-state index in [9.17, 15) is 35.9 Å². The van der Waals surface area contributed by atoms with Crippen molar-refractivity contribution in [3.8, 4) is 0 Å². The summed E-state index contributed by atoms with van der Waals surface area (Å²) in [6.45, 7) is 2.92. The molecule has 0 bridgehead atoms. The van der Waals surface area contributed by atoms with Crippen LogP contribution in [0.25, 0.3) is 0 Å². The number of aromatic nitrogens is 2. The van der Waals surface area contributed by atoms with Crippen LogP contribution < -0.4 is 16.0 Å². The summed E-state index contributed by atoms with van der Waals surface area (Å²) in [5.41, 5.74) is -2.47. The fraction of sp³-hybridized carbons (Fsp3) is 0.500. The average Bonchev–Trinajstić information content (AvgIpc) is 3.27. The third kappa shape index (κ3) is 5.80. The van der Waals surface area contributed by atoms with E-state index in [1.165, 1.54) is 0 Å². The topological polar surface area (TPSA) is 70.5 Å². The molecule has 1 aromatic heterocycles. The molecule has 0 radical (unpaired) electrons.